The van der Waals surface area contributed by atoms with E-state index >= 15 is 0 Å². The molecule has 3 nitrogen and oxygen atoms in total. The maximum atomic E-state index is 5.91. The zero-order valence-electron chi connectivity index (χ0n) is 15.4. The van der Waals surface area contributed by atoms with Crippen molar-refractivity contribution >= 4 is 5.69 Å². The fourth-order valence-electron chi connectivity index (χ4n) is 2.84. The topological polar surface area (TPSA) is 30.5 Å². The fraction of sp³-hybridized carbons (Fsp3) is 0.0400. The Morgan fingerprint density at radius 1 is 0.500 bits per heavy atom. The van der Waals surface area contributed by atoms with Crippen molar-refractivity contribution in [2.45, 2.75) is 6.54 Å². The van der Waals surface area contributed by atoms with Gasteiger partial charge in [-0.3, -0.25) is 0 Å². The van der Waals surface area contributed by atoms with Crippen molar-refractivity contribution in [3.8, 4) is 23.0 Å². The molecule has 4 aromatic carbocycles. The Labute approximate surface area is 165 Å². The lowest BCUT2D eigenvalue weighted by Crippen LogP contribution is -1.99. The van der Waals surface area contributed by atoms with Gasteiger partial charge in [0.15, 0.2) is 0 Å². The van der Waals surface area contributed by atoms with Gasteiger partial charge in [0.2, 0.25) is 0 Å². The molecule has 0 aliphatic carbocycles. The molecule has 0 heterocycles. The molecule has 0 unspecified atom stereocenters. The number of rotatable bonds is 7. The number of nitrogens with one attached hydrogen (secondary N) is 1. The molecular weight excluding hydrogens is 346 g/mol. The number of hydrogen-bond acceptors (Lipinski definition) is 3. The first-order valence-electron chi connectivity index (χ1n) is 9.24. The Balaban J connectivity index is 1.39. The van der Waals surface area contributed by atoms with Crippen LogP contribution in [0.25, 0.3) is 0 Å². The molecule has 3 heteroatoms. The average Bonchev–Trinajstić information content (AvgIpc) is 2.74. The number of benzene rings is 4. The third-order valence-electron chi connectivity index (χ3n) is 4.19. The molecule has 0 fully saturated rings. The van der Waals surface area contributed by atoms with Crippen LogP contribution < -0.4 is 14.8 Å². The summed E-state index contributed by atoms with van der Waals surface area (Å²) >= 11 is 0. The highest BCUT2D eigenvalue weighted by molar-refractivity contribution is 5.50. The lowest BCUT2D eigenvalue weighted by molar-refractivity contribution is 0.482. The van der Waals surface area contributed by atoms with E-state index in [1.165, 1.54) is 0 Å². The molecule has 4 rings (SSSR count). The molecule has 0 radical (unpaired) electrons. The van der Waals surface area contributed by atoms with Crippen molar-refractivity contribution < 1.29 is 9.47 Å². The molecule has 0 aliphatic heterocycles. The van der Waals surface area contributed by atoms with E-state index in [9.17, 15) is 0 Å². The van der Waals surface area contributed by atoms with Crippen molar-refractivity contribution in [2.75, 3.05) is 5.32 Å². The van der Waals surface area contributed by atoms with E-state index in [0.717, 1.165) is 34.2 Å². The molecule has 0 aliphatic rings. The number of ether oxygens (including phenoxy) is 2. The quantitative estimate of drug-likeness (QED) is 0.386. The first-order valence-corrected chi connectivity index (χ1v) is 9.24. The second-order valence-corrected chi connectivity index (χ2v) is 6.36. The first kappa shape index (κ1) is 17.7. The van der Waals surface area contributed by atoms with Crippen molar-refractivity contribution in [3.63, 3.8) is 0 Å². The van der Waals surface area contributed by atoms with Crippen LogP contribution in [0.1, 0.15) is 5.56 Å². The van der Waals surface area contributed by atoms with Gasteiger partial charge in [-0.1, -0.05) is 54.6 Å². The van der Waals surface area contributed by atoms with E-state index in [1.807, 2.05) is 103 Å². The Morgan fingerprint density at radius 2 is 1.04 bits per heavy atom. The van der Waals surface area contributed by atoms with Crippen LogP contribution in [0.4, 0.5) is 5.69 Å². The van der Waals surface area contributed by atoms with Gasteiger partial charge in [0.1, 0.15) is 23.0 Å². The van der Waals surface area contributed by atoms with Gasteiger partial charge in [0, 0.05) is 18.3 Å². The van der Waals surface area contributed by atoms with Crippen molar-refractivity contribution in [3.05, 3.63) is 115 Å². The second kappa shape index (κ2) is 8.78. The van der Waals surface area contributed by atoms with Gasteiger partial charge in [-0.2, -0.15) is 0 Å². The van der Waals surface area contributed by atoms with Crippen molar-refractivity contribution in [1.82, 2.24) is 0 Å². The summed E-state index contributed by atoms with van der Waals surface area (Å²) in [6.45, 7) is 0.695. The van der Waals surface area contributed by atoms with Gasteiger partial charge in [-0.05, 0) is 54.1 Å². The van der Waals surface area contributed by atoms with Gasteiger partial charge in [-0.15, -0.1) is 0 Å². The van der Waals surface area contributed by atoms with Crippen LogP contribution in [0.3, 0.4) is 0 Å². The highest BCUT2D eigenvalue weighted by Crippen LogP contribution is 2.25. The highest BCUT2D eigenvalue weighted by atomic mass is 16.5. The van der Waals surface area contributed by atoms with E-state index in [4.69, 9.17) is 9.47 Å². The van der Waals surface area contributed by atoms with Crippen LogP contribution in [0, 0.1) is 0 Å². The van der Waals surface area contributed by atoms with Crippen LogP contribution in [-0.4, -0.2) is 0 Å². The number of para-hydroxylation sites is 2. The molecule has 28 heavy (non-hydrogen) atoms. The molecular formula is C25H21NO2. The SMILES string of the molecule is c1ccc(Oc2cccc(CNc3cccc(Oc4ccccc4)c3)c2)cc1. The summed E-state index contributed by atoms with van der Waals surface area (Å²) in [5, 5.41) is 3.44. The predicted octanol–water partition coefficient (Wildman–Crippen LogP) is 6.88. The minimum Gasteiger partial charge on any atom is -0.457 e. The molecule has 0 spiro atoms. The van der Waals surface area contributed by atoms with Crippen LogP contribution in [0.5, 0.6) is 23.0 Å². The average molecular weight is 367 g/mol. The van der Waals surface area contributed by atoms with Gasteiger partial charge < -0.3 is 14.8 Å². The van der Waals surface area contributed by atoms with Crippen LogP contribution in [0.2, 0.25) is 0 Å². The van der Waals surface area contributed by atoms with Crippen molar-refractivity contribution in [1.29, 1.82) is 0 Å². The lowest BCUT2D eigenvalue weighted by Gasteiger charge is -2.11. The van der Waals surface area contributed by atoms with Crippen LogP contribution >= 0.6 is 0 Å². The number of anilines is 1. The highest BCUT2D eigenvalue weighted by Gasteiger charge is 2.02. The first-order chi connectivity index (χ1) is 13.8. The number of hydrogen-bond donors (Lipinski definition) is 1. The largest absolute Gasteiger partial charge is 0.457 e. The fourth-order valence-corrected chi connectivity index (χ4v) is 2.84. The Bertz CT molecular complexity index is 932. The van der Waals surface area contributed by atoms with Crippen LogP contribution in [-0.2, 0) is 6.54 Å². The van der Waals surface area contributed by atoms with Crippen molar-refractivity contribution in [2.24, 2.45) is 0 Å². The lowest BCUT2D eigenvalue weighted by atomic mass is 10.2. The minimum atomic E-state index is 0.695. The summed E-state index contributed by atoms with van der Waals surface area (Å²) < 4.78 is 11.8. The molecule has 138 valence electrons. The summed E-state index contributed by atoms with van der Waals surface area (Å²) in [6.07, 6.45) is 0. The summed E-state index contributed by atoms with van der Waals surface area (Å²) in [5.41, 5.74) is 2.14. The van der Waals surface area contributed by atoms with E-state index in [-0.39, 0.29) is 0 Å². The van der Waals surface area contributed by atoms with Gasteiger partial charge in [0.25, 0.3) is 0 Å². The van der Waals surface area contributed by atoms with Gasteiger partial charge in [-0.25, -0.2) is 0 Å². The van der Waals surface area contributed by atoms with Gasteiger partial charge in [0.05, 0.1) is 0 Å². The molecule has 4 aromatic rings. The Kier molecular flexibility index (Phi) is 5.54. The molecule has 0 amide bonds. The van der Waals surface area contributed by atoms with E-state index < -0.39 is 0 Å². The minimum absolute atomic E-state index is 0.695. The third kappa shape index (κ3) is 4.92. The smallest absolute Gasteiger partial charge is 0.129 e. The normalized spacial score (nSPS) is 10.3. The maximum absolute atomic E-state index is 5.91. The Morgan fingerprint density at radius 3 is 1.68 bits per heavy atom. The third-order valence-corrected chi connectivity index (χ3v) is 4.19. The Hall–Kier alpha value is -3.72. The van der Waals surface area contributed by atoms with Crippen LogP contribution in [0.15, 0.2) is 109 Å². The summed E-state index contributed by atoms with van der Waals surface area (Å²) in [7, 11) is 0. The molecule has 0 bridgehead atoms. The van der Waals surface area contributed by atoms with E-state index in [2.05, 4.69) is 11.4 Å². The second-order valence-electron chi connectivity index (χ2n) is 6.36. The molecule has 0 saturated carbocycles. The van der Waals surface area contributed by atoms with E-state index in [1.54, 1.807) is 0 Å². The molecule has 0 saturated heterocycles. The summed E-state index contributed by atoms with van der Waals surface area (Å²) in [6, 6.07) is 35.6. The maximum Gasteiger partial charge on any atom is 0.129 e. The predicted molar refractivity (Wildman–Crippen MR) is 113 cm³/mol. The standard InChI is InChI=1S/C25H21NO2/c1-3-11-22(12-4-1)27-24-15-7-9-20(17-24)19-26-21-10-8-16-25(18-21)28-23-13-5-2-6-14-23/h1-18,26H,19H2. The van der Waals surface area contributed by atoms with Gasteiger partial charge >= 0.3 is 0 Å². The molecule has 1 N–H and O–H groups in total. The molecule has 0 atom stereocenters. The van der Waals surface area contributed by atoms with E-state index in [0.29, 0.717) is 6.54 Å². The zero-order valence-corrected chi connectivity index (χ0v) is 15.4. The summed E-state index contributed by atoms with van der Waals surface area (Å²) in [4.78, 5) is 0. The zero-order chi connectivity index (χ0) is 19.0. The summed E-state index contributed by atoms with van der Waals surface area (Å²) in [5.74, 6) is 3.29. The molecule has 0 aromatic heterocycles. The monoisotopic (exact) mass is 367 g/mol.